The predicted molar refractivity (Wildman–Crippen MR) is 55.1 cm³/mol. The lowest BCUT2D eigenvalue weighted by atomic mass is 10.1. The van der Waals surface area contributed by atoms with E-state index in [2.05, 4.69) is 4.98 Å². The third-order valence-corrected chi connectivity index (χ3v) is 2.33. The molecule has 1 N–H and O–H groups in total. The van der Waals surface area contributed by atoms with Crippen LogP contribution in [0, 0.1) is 5.82 Å². The minimum atomic E-state index is -0.582. The van der Waals surface area contributed by atoms with Gasteiger partial charge in [-0.1, -0.05) is 6.92 Å². The fourth-order valence-corrected chi connectivity index (χ4v) is 0.989. The van der Waals surface area contributed by atoms with E-state index in [1.54, 1.807) is 0 Å². The first kappa shape index (κ1) is 11.9. The summed E-state index contributed by atoms with van der Waals surface area (Å²) in [4.78, 5) is 3.81. The Bertz CT molecular complexity index is 339. The van der Waals surface area contributed by atoms with Gasteiger partial charge in [0.2, 0.25) is 0 Å². The lowest BCUT2D eigenvalue weighted by Crippen LogP contribution is -2.28. The Morgan fingerprint density at radius 1 is 1.53 bits per heavy atom. The lowest BCUT2D eigenvalue weighted by molar-refractivity contribution is 0.0921. The number of aromatic nitrogens is 1. The van der Waals surface area contributed by atoms with Gasteiger partial charge in [0.15, 0.2) is 5.82 Å². The Kier molecular flexibility index (Phi) is 3.63. The molecular formula is C11H16FNO2. The Morgan fingerprint density at radius 2 is 2.20 bits per heavy atom. The van der Waals surface area contributed by atoms with Crippen LogP contribution in [0.4, 0.5) is 4.39 Å². The van der Waals surface area contributed by atoms with Gasteiger partial charge in [-0.25, -0.2) is 9.37 Å². The molecule has 0 aromatic carbocycles. The quantitative estimate of drug-likeness (QED) is 0.834. The third-order valence-electron chi connectivity index (χ3n) is 2.33. The van der Waals surface area contributed by atoms with Crippen molar-refractivity contribution in [3.05, 3.63) is 23.6 Å². The standard InChI is InChI=1S/C11H16FNO2/c1-4-11(2,3)15-10-9(12)8(7-14)5-6-13-10/h5-6,14H,4,7H2,1-3H3. The van der Waals surface area contributed by atoms with E-state index in [0.29, 0.717) is 0 Å². The number of nitrogens with zero attached hydrogens (tertiary/aromatic N) is 1. The summed E-state index contributed by atoms with van der Waals surface area (Å²) < 4.78 is 19.0. The zero-order chi connectivity index (χ0) is 11.5. The first-order chi connectivity index (χ1) is 7.00. The molecule has 1 aromatic rings. The van der Waals surface area contributed by atoms with Crippen molar-refractivity contribution in [3.8, 4) is 5.88 Å². The molecule has 0 saturated heterocycles. The maximum Gasteiger partial charge on any atom is 0.251 e. The van der Waals surface area contributed by atoms with Gasteiger partial charge in [0.1, 0.15) is 5.60 Å². The molecule has 84 valence electrons. The molecule has 0 aliphatic heterocycles. The normalized spacial score (nSPS) is 11.5. The van der Waals surface area contributed by atoms with E-state index in [4.69, 9.17) is 9.84 Å². The predicted octanol–water partition coefficient (Wildman–Crippen LogP) is 2.28. The number of halogens is 1. The maximum absolute atomic E-state index is 13.6. The Morgan fingerprint density at radius 3 is 2.73 bits per heavy atom. The van der Waals surface area contributed by atoms with Gasteiger partial charge in [0.25, 0.3) is 5.88 Å². The lowest BCUT2D eigenvalue weighted by Gasteiger charge is -2.24. The molecule has 0 aliphatic carbocycles. The van der Waals surface area contributed by atoms with Crippen LogP contribution in [-0.2, 0) is 6.61 Å². The second-order valence-electron chi connectivity index (χ2n) is 3.96. The molecule has 3 nitrogen and oxygen atoms in total. The van der Waals surface area contributed by atoms with Crippen LogP contribution in [0.1, 0.15) is 32.8 Å². The highest BCUT2D eigenvalue weighted by Gasteiger charge is 2.20. The van der Waals surface area contributed by atoms with Crippen molar-refractivity contribution in [1.82, 2.24) is 4.98 Å². The Hall–Kier alpha value is -1.16. The van der Waals surface area contributed by atoms with Crippen molar-refractivity contribution in [1.29, 1.82) is 0 Å². The van der Waals surface area contributed by atoms with Gasteiger partial charge in [-0.2, -0.15) is 0 Å². The van der Waals surface area contributed by atoms with Gasteiger partial charge in [0, 0.05) is 11.8 Å². The summed E-state index contributed by atoms with van der Waals surface area (Å²) in [5, 5.41) is 8.88. The van der Waals surface area contributed by atoms with Crippen molar-refractivity contribution in [3.63, 3.8) is 0 Å². The van der Waals surface area contributed by atoms with E-state index in [9.17, 15) is 4.39 Å². The molecule has 0 aliphatic rings. The molecular weight excluding hydrogens is 197 g/mol. The van der Waals surface area contributed by atoms with E-state index in [0.717, 1.165) is 6.42 Å². The molecule has 4 heteroatoms. The smallest absolute Gasteiger partial charge is 0.251 e. The van der Waals surface area contributed by atoms with Crippen molar-refractivity contribution < 1.29 is 14.2 Å². The molecule has 0 saturated carbocycles. The zero-order valence-electron chi connectivity index (χ0n) is 9.25. The Labute approximate surface area is 88.9 Å². The molecule has 15 heavy (non-hydrogen) atoms. The van der Waals surface area contributed by atoms with E-state index in [1.165, 1.54) is 12.3 Å². The molecule has 1 heterocycles. The van der Waals surface area contributed by atoms with Crippen LogP contribution in [0.5, 0.6) is 5.88 Å². The highest BCUT2D eigenvalue weighted by atomic mass is 19.1. The summed E-state index contributed by atoms with van der Waals surface area (Å²) >= 11 is 0. The van der Waals surface area contributed by atoms with Crippen LogP contribution in [0.3, 0.4) is 0 Å². The molecule has 0 unspecified atom stereocenters. The molecule has 0 bridgehead atoms. The summed E-state index contributed by atoms with van der Waals surface area (Å²) in [6.07, 6.45) is 2.17. The number of rotatable bonds is 4. The summed E-state index contributed by atoms with van der Waals surface area (Å²) in [6.45, 7) is 5.32. The number of ether oxygens (including phenoxy) is 1. The first-order valence-corrected chi connectivity index (χ1v) is 4.93. The molecule has 0 spiro atoms. The SMILES string of the molecule is CCC(C)(C)Oc1nccc(CO)c1F. The number of hydrogen-bond acceptors (Lipinski definition) is 3. The molecule has 0 atom stereocenters. The zero-order valence-corrected chi connectivity index (χ0v) is 9.25. The van der Waals surface area contributed by atoms with Crippen LogP contribution in [0.15, 0.2) is 12.3 Å². The number of pyridine rings is 1. The minimum absolute atomic E-state index is 0.0478. The van der Waals surface area contributed by atoms with E-state index in [1.807, 2.05) is 20.8 Å². The van der Waals surface area contributed by atoms with Gasteiger partial charge >= 0.3 is 0 Å². The summed E-state index contributed by atoms with van der Waals surface area (Å²) in [6, 6.07) is 1.43. The maximum atomic E-state index is 13.6. The van der Waals surface area contributed by atoms with Gasteiger partial charge in [-0.05, 0) is 26.3 Å². The first-order valence-electron chi connectivity index (χ1n) is 4.93. The highest BCUT2D eigenvalue weighted by molar-refractivity contribution is 5.23. The third kappa shape index (κ3) is 2.89. The summed E-state index contributed by atoms with van der Waals surface area (Å²) in [5.41, 5.74) is -0.256. The molecule has 1 aromatic heterocycles. The number of hydrogen-bond donors (Lipinski definition) is 1. The number of aliphatic hydroxyl groups is 1. The van der Waals surface area contributed by atoms with Crippen LogP contribution >= 0.6 is 0 Å². The van der Waals surface area contributed by atoms with Crippen LogP contribution in [-0.4, -0.2) is 15.7 Å². The number of aliphatic hydroxyl groups excluding tert-OH is 1. The average Bonchev–Trinajstić information content (AvgIpc) is 2.21. The molecule has 0 fully saturated rings. The largest absolute Gasteiger partial charge is 0.470 e. The van der Waals surface area contributed by atoms with Crippen molar-refractivity contribution in [2.75, 3.05) is 0 Å². The van der Waals surface area contributed by atoms with E-state index < -0.39 is 11.4 Å². The second-order valence-corrected chi connectivity index (χ2v) is 3.96. The topological polar surface area (TPSA) is 42.4 Å². The van der Waals surface area contributed by atoms with Gasteiger partial charge < -0.3 is 9.84 Å². The van der Waals surface area contributed by atoms with Crippen molar-refractivity contribution in [2.24, 2.45) is 0 Å². The summed E-state index contributed by atoms with van der Waals surface area (Å²) in [5.74, 6) is -0.630. The van der Waals surface area contributed by atoms with Crippen molar-refractivity contribution in [2.45, 2.75) is 39.4 Å². The van der Waals surface area contributed by atoms with Crippen LogP contribution < -0.4 is 4.74 Å². The van der Waals surface area contributed by atoms with Gasteiger partial charge in [-0.3, -0.25) is 0 Å². The van der Waals surface area contributed by atoms with E-state index in [-0.39, 0.29) is 18.1 Å². The minimum Gasteiger partial charge on any atom is -0.470 e. The monoisotopic (exact) mass is 213 g/mol. The molecule has 0 radical (unpaired) electrons. The second kappa shape index (κ2) is 4.57. The summed E-state index contributed by atoms with van der Waals surface area (Å²) in [7, 11) is 0. The average molecular weight is 213 g/mol. The van der Waals surface area contributed by atoms with Gasteiger partial charge in [0.05, 0.1) is 6.61 Å². The highest BCUT2D eigenvalue weighted by Crippen LogP contribution is 2.23. The molecule has 0 amide bonds. The van der Waals surface area contributed by atoms with Crippen LogP contribution in [0.2, 0.25) is 0 Å². The van der Waals surface area contributed by atoms with Crippen LogP contribution in [0.25, 0.3) is 0 Å². The van der Waals surface area contributed by atoms with Crippen molar-refractivity contribution >= 4 is 0 Å². The fourth-order valence-electron chi connectivity index (χ4n) is 0.989. The fraction of sp³-hybridized carbons (Fsp3) is 0.545. The van der Waals surface area contributed by atoms with Gasteiger partial charge in [-0.15, -0.1) is 0 Å². The van der Waals surface area contributed by atoms with E-state index >= 15 is 0 Å². The molecule has 1 rings (SSSR count). The Balaban J connectivity index is 2.95.